The van der Waals surface area contributed by atoms with Crippen molar-refractivity contribution in [3.63, 3.8) is 0 Å². The van der Waals surface area contributed by atoms with Crippen molar-refractivity contribution in [2.75, 3.05) is 36.8 Å². The van der Waals surface area contributed by atoms with Crippen LogP contribution in [0.5, 0.6) is 0 Å². The normalized spacial score (nSPS) is 20.6. The molecular weight excluding hydrogens is 468 g/mol. The van der Waals surface area contributed by atoms with E-state index < -0.39 is 0 Å². The molecule has 6 nitrogen and oxygen atoms in total. The van der Waals surface area contributed by atoms with E-state index in [4.69, 9.17) is 4.98 Å². The van der Waals surface area contributed by atoms with E-state index in [1.807, 2.05) is 47.4 Å². The van der Waals surface area contributed by atoms with Crippen LogP contribution in [-0.2, 0) is 11.3 Å². The van der Waals surface area contributed by atoms with Gasteiger partial charge in [0.2, 0.25) is 5.91 Å². The fourth-order valence-electron chi connectivity index (χ4n) is 5.64. The lowest BCUT2D eigenvalue weighted by Gasteiger charge is -2.35. The molecule has 2 atom stereocenters. The summed E-state index contributed by atoms with van der Waals surface area (Å²) in [6.07, 6.45) is 4.81. The van der Waals surface area contributed by atoms with E-state index in [9.17, 15) is 9.59 Å². The highest BCUT2D eigenvalue weighted by molar-refractivity contribution is 7.99. The van der Waals surface area contributed by atoms with Crippen molar-refractivity contribution in [2.45, 2.75) is 51.2 Å². The van der Waals surface area contributed by atoms with Crippen molar-refractivity contribution in [3.8, 4) is 0 Å². The minimum atomic E-state index is -0.0436. The van der Waals surface area contributed by atoms with Crippen LogP contribution in [0.4, 0.5) is 5.69 Å². The molecular formula is C29H36N4O2S. The molecule has 7 heteroatoms. The molecule has 0 saturated carbocycles. The summed E-state index contributed by atoms with van der Waals surface area (Å²) in [4.78, 5) is 36.2. The minimum Gasteiger partial charge on any atom is -0.372 e. The van der Waals surface area contributed by atoms with Crippen LogP contribution in [-0.4, -0.2) is 52.3 Å². The van der Waals surface area contributed by atoms with Crippen molar-refractivity contribution in [1.29, 1.82) is 0 Å². The molecule has 0 aliphatic carbocycles. The average Bonchev–Trinajstić information content (AvgIpc) is 2.89. The largest absolute Gasteiger partial charge is 0.372 e. The smallest absolute Gasteiger partial charge is 0.262 e. The van der Waals surface area contributed by atoms with Crippen LogP contribution in [0.25, 0.3) is 10.9 Å². The Morgan fingerprint density at radius 2 is 1.72 bits per heavy atom. The number of aromatic nitrogens is 2. The number of carbonyl (C=O) groups is 1. The molecule has 0 radical (unpaired) electrons. The molecule has 0 unspecified atom stereocenters. The van der Waals surface area contributed by atoms with Crippen LogP contribution >= 0.6 is 11.8 Å². The summed E-state index contributed by atoms with van der Waals surface area (Å²) >= 11 is 1.38. The van der Waals surface area contributed by atoms with Gasteiger partial charge < -0.3 is 9.80 Å². The third kappa shape index (κ3) is 5.61. The molecule has 3 aromatic rings. The summed E-state index contributed by atoms with van der Waals surface area (Å²) in [5.41, 5.74) is 2.79. The molecule has 1 aromatic heterocycles. The molecule has 2 aliphatic rings. The predicted molar refractivity (Wildman–Crippen MR) is 148 cm³/mol. The maximum atomic E-state index is 13.8. The molecule has 0 N–H and O–H groups in total. The van der Waals surface area contributed by atoms with E-state index in [2.05, 4.69) is 24.8 Å². The van der Waals surface area contributed by atoms with E-state index in [0.717, 1.165) is 37.4 Å². The molecule has 190 valence electrons. The summed E-state index contributed by atoms with van der Waals surface area (Å²) in [6.45, 7) is 8.54. The monoisotopic (exact) mass is 504 g/mol. The molecule has 0 bridgehead atoms. The van der Waals surface area contributed by atoms with Gasteiger partial charge in [-0.1, -0.05) is 55.9 Å². The Morgan fingerprint density at radius 1 is 1.00 bits per heavy atom. The van der Waals surface area contributed by atoms with Crippen LogP contribution in [0, 0.1) is 11.8 Å². The molecule has 2 fully saturated rings. The Morgan fingerprint density at radius 3 is 2.44 bits per heavy atom. The number of likely N-dealkylation sites (tertiary alicyclic amines) is 1. The van der Waals surface area contributed by atoms with Crippen molar-refractivity contribution < 1.29 is 4.79 Å². The highest BCUT2D eigenvalue weighted by Gasteiger charge is 2.26. The first-order chi connectivity index (χ1) is 17.5. The summed E-state index contributed by atoms with van der Waals surface area (Å²) in [5, 5.41) is 1.25. The fourth-order valence-corrected chi connectivity index (χ4v) is 6.54. The van der Waals surface area contributed by atoms with E-state index in [-0.39, 0.29) is 17.2 Å². The molecule has 1 amide bonds. The maximum absolute atomic E-state index is 13.8. The summed E-state index contributed by atoms with van der Waals surface area (Å²) in [7, 11) is 0. The van der Waals surface area contributed by atoms with E-state index in [1.165, 1.54) is 37.4 Å². The second-order valence-electron chi connectivity index (χ2n) is 10.6. The lowest BCUT2D eigenvalue weighted by Crippen LogP contribution is -2.43. The number of nitrogens with zero attached hydrogens (tertiary/aromatic N) is 4. The summed E-state index contributed by atoms with van der Waals surface area (Å²) < 4.78 is 1.75. The van der Waals surface area contributed by atoms with Gasteiger partial charge >= 0.3 is 0 Å². The van der Waals surface area contributed by atoms with Gasteiger partial charge in [-0.25, -0.2) is 4.98 Å². The van der Waals surface area contributed by atoms with Crippen LogP contribution in [0.2, 0.25) is 0 Å². The van der Waals surface area contributed by atoms with Crippen LogP contribution in [0.1, 0.15) is 45.1 Å². The van der Waals surface area contributed by atoms with Crippen molar-refractivity contribution in [1.82, 2.24) is 14.5 Å². The fraction of sp³-hybridized carbons (Fsp3) is 0.483. The van der Waals surface area contributed by atoms with Crippen LogP contribution in [0.15, 0.2) is 58.5 Å². The zero-order chi connectivity index (χ0) is 25.1. The standard InChI is InChI=1S/C29H36N4O2S/c1-21-15-22(2)18-32(17-21)27(34)20-36-29-30-26-12-11-24(31-13-7-4-8-14-31)16-25(26)28(35)33(29)19-23-9-5-3-6-10-23/h3,5-6,9-12,16,21-22H,4,7-8,13-15,17-20H2,1-2H3/t21-,22-/m1/s1. The molecule has 5 rings (SSSR count). The first-order valence-electron chi connectivity index (χ1n) is 13.2. The zero-order valence-corrected chi connectivity index (χ0v) is 22.2. The number of thioether (sulfide) groups is 1. The number of hydrogen-bond acceptors (Lipinski definition) is 5. The lowest BCUT2D eigenvalue weighted by atomic mass is 9.92. The molecule has 0 spiro atoms. The van der Waals surface area contributed by atoms with Gasteiger partial charge in [0.1, 0.15) is 0 Å². The minimum absolute atomic E-state index is 0.0436. The predicted octanol–water partition coefficient (Wildman–Crippen LogP) is 5.03. The highest BCUT2D eigenvalue weighted by atomic mass is 32.2. The number of piperidine rings is 2. The number of amides is 1. The number of hydrogen-bond donors (Lipinski definition) is 0. The summed E-state index contributed by atoms with van der Waals surface area (Å²) in [5.74, 6) is 1.45. The van der Waals surface area contributed by atoms with Crippen LogP contribution in [0.3, 0.4) is 0 Å². The Hall–Kier alpha value is -2.80. The van der Waals surface area contributed by atoms with Gasteiger partial charge in [-0.3, -0.25) is 14.2 Å². The van der Waals surface area contributed by atoms with E-state index in [0.29, 0.717) is 34.4 Å². The molecule has 3 heterocycles. The quantitative estimate of drug-likeness (QED) is 0.348. The Labute approximate surface area is 217 Å². The topological polar surface area (TPSA) is 58.4 Å². The third-order valence-electron chi connectivity index (χ3n) is 7.35. The second-order valence-corrected chi connectivity index (χ2v) is 11.5. The van der Waals surface area contributed by atoms with Crippen molar-refractivity contribution in [3.05, 3.63) is 64.4 Å². The molecule has 36 heavy (non-hydrogen) atoms. The average molecular weight is 505 g/mol. The van der Waals surface area contributed by atoms with Gasteiger partial charge in [-0.05, 0) is 61.3 Å². The zero-order valence-electron chi connectivity index (χ0n) is 21.4. The number of fused-ring (bicyclic) bond motifs is 1. The van der Waals surface area contributed by atoms with Gasteiger partial charge in [0.05, 0.1) is 23.2 Å². The maximum Gasteiger partial charge on any atom is 0.262 e. The van der Waals surface area contributed by atoms with E-state index >= 15 is 0 Å². The lowest BCUT2D eigenvalue weighted by molar-refractivity contribution is -0.130. The second kappa shape index (κ2) is 11.1. The summed E-state index contributed by atoms with van der Waals surface area (Å²) in [6, 6.07) is 16.0. The number of anilines is 1. The Bertz CT molecular complexity index is 1260. The first-order valence-corrected chi connectivity index (χ1v) is 14.2. The first kappa shape index (κ1) is 24.9. The highest BCUT2D eigenvalue weighted by Crippen LogP contribution is 2.26. The van der Waals surface area contributed by atoms with Gasteiger partial charge in [0.25, 0.3) is 5.56 Å². The SMILES string of the molecule is C[C@@H]1C[C@@H](C)CN(C(=O)CSc2nc3ccc(N4CCCCC4)cc3c(=O)n2Cc2ccccc2)C1. The number of carbonyl (C=O) groups excluding carboxylic acids is 1. The Balaban J connectivity index is 1.46. The van der Waals surface area contributed by atoms with Gasteiger partial charge in [-0.15, -0.1) is 0 Å². The molecule has 2 aromatic carbocycles. The van der Waals surface area contributed by atoms with Gasteiger partial charge in [0, 0.05) is 31.9 Å². The van der Waals surface area contributed by atoms with Crippen LogP contribution < -0.4 is 10.5 Å². The third-order valence-corrected chi connectivity index (χ3v) is 8.31. The molecule has 2 saturated heterocycles. The van der Waals surface area contributed by atoms with Crippen molar-refractivity contribution >= 4 is 34.3 Å². The van der Waals surface area contributed by atoms with E-state index in [1.54, 1.807) is 4.57 Å². The Kier molecular flexibility index (Phi) is 7.65. The van der Waals surface area contributed by atoms with Crippen molar-refractivity contribution in [2.24, 2.45) is 11.8 Å². The van der Waals surface area contributed by atoms with Gasteiger partial charge in [-0.2, -0.15) is 0 Å². The molecule has 2 aliphatic heterocycles. The number of rotatable bonds is 6. The number of benzene rings is 2. The van der Waals surface area contributed by atoms with Gasteiger partial charge in [0.15, 0.2) is 5.16 Å².